The number of nitrogens with two attached hydrogens (primary N) is 1. The van der Waals surface area contributed by atoms with Crippen LogP contribution in [0.5, 0.6) is 0 Å². The summed E-state index contributed by atoms with van der Waals surface area (Å²) < 4.78 is 5.17. The number of aromatic nitrogens is 1. The number of anilines is 1. The Morgan fingerprint density at radius 1 is 1.32 bits per heavy atom. The largest absolute Gasteiger partial charge is 0.383 e. The van der Waals surface area contributed by atoms with Gasteiger partial charge < -0.3 is 15.4 Å². The molecule has 0 saturated carbocycles. The zero-order valence-electron chi connectivity index (χ0n) is 11.6. The molecule has 0 spiro atoms. The van der Waals surface area contributed by atoms with Crippen LogP contribution in [0.3, 0.4) is 0 Å². The smallest absolute Gasteiger partial charge is 0.136 e. The van der Waals surface area contributed by atoms with E-state index in [1.807, 2.05) is 12.1 Å². The lowest BCUT2D eigenvalue weighted by Gasteiger charge is -2.23. The Morgan fingerprint density at radius 2 is 2.11 bits per heavy atom. The van der Waals surface area contributed by atoms with Gasteiger partial charge in [-0.3, -0.25) is 0 Å². The molecule has 102 valence electrons. The Bertz CT molecular complexity index is 542. The van der Waals surface area contributed by atoms with Crippen LogP contribution in [0.1, 0.15) is 12.6 Å². The summed E-state index contributed by atoms with van der Waals surface area (Å²) in [5, 5.41) is 2.35. The number of nitrogens with zero attached hydrogens (tertiary/aromatic N) is 2. The van der Waals surface area contributed by atoms with Crippen LogP contribution in [-0.4, -0.2) is 31.8 Å². The van der Waals surface area contributed by atoms with Crippen molar-refractivity contribution in [1.82, 2.24) is 4.98 Å². The van der Waals surface area contributed by atoms with Gasteiger partial charge in [0.15, 0.2) is 0 Å². The third-order valence-electron chi connectivity index (χ3n) is 3.23. The highest BCUT2D eigenvalue weighted by molar-refractivity contribution is 5.92. The molecule has 0 unspecified atom stereocenters. The number of rotatable bonds is 6. The second-order valence-corrected chi connectivity index (χ2v) is 4.43. The van der Waals surface area contributed by atoms with E-state index in [2.05, 4.69) is 35.0 Å². The zero-order chi connectivity index (χ0) is 13.7. The van der Waals surface area contributed by atoms with Crippen molar-refractivity contribution in [3.05, 3.63) is 36.0 Å². The molecule has 2 aromatic rings. The van der Waals surface area contributed by atoms with Crippen molar-refractivity contribution >= 4 is 16.6 Å². The van der Waals surface area contributed by atoms with E-state index in [0.29, 0.717) is 13.2 Å². The van der Waals surface area contributed by atoms with Crippen LogP contribution in [-0.2, 0) is 11.3 Å². The average Bonchev–Trinajstić information content (AvgIpc) is 2.47. The summed E-state index contributed by atoms with van der Waals surface area (Å²) in [5.74, 6) is 0.998. The van der Waals surface area contributed by atoms with Crippen molar-refractivity contribution in [3.8, 4) is 0 Å². The quantitative estimate of drug-likeness (QED) is 0.863. The Hall–Kier alpha value is -1.65. The molecule has 1 heterocycles. The molecule has 0 bridgehead atoms. The number of fused-ring (bicyclic) bond motifs is 1. The summed E-state index contributed by atoms with van der Waals surface area (Å²) >= 11 is 0. The Balaban J connectivity index is 2.49. The first kappa shape index (κ1) is 13.8. The molecule has 1 aromatic carbocycles. The maximum absolute atomic E-state index is 5.75. The Morgan fingerprint density at radius 3 is 2.79 bits per heavy atom. The first-order valence-corrected chi connectivity index (χ1v) is 6.62. The van der Waals surface area contributed by atoms with Crippen LogP contribution in [0.2, 0.25) is 0 Å². The van der Waals surface area contributed by atoms with Crippen molar-refractivity contribution < 1.29 is 4.74 Å². The van der Waals surface area contributed by atoms with Gasteiger partial charge in [-0.1, -0.05) is 24.3 Å². The fraction of sp³-hybridized carbons (Fsp3) is 0.400. The van der Waals surface area contributed by atoms with Crippen molar-refractivity contribution in [2.75, 3.05) is 31.7 Å². The Labute approximate surface area is 114 Å². The highest BCUT2D eigenvalue weighted by Crippen LogP contribution is 2.25. The van der Waals surface area contributed by atoms with Crippen molar-refractivity contribution in [2.24, 2.45) is 5.73 Å². The molecule has 0 saturated heterocycles. The van der Waals surface area contributed by atoms with Crippen LogP contribution in [0.25, 0.3) is 10.8 Å². The van der Waals surface area contributed by atoms with E-state index in [0.717, 1.165) is 30.0 Å². The number of hydrogen-bond acceptors (Lipinski definition) is 4. The molecule has 4 nitrogen and oxygen atoms in total. The first-order valence-electron chi connectivity index (χ1n) is 6.62. The second kappa shape index (κ2) is 6.50. The lowest BCUT2D eigenvalue weighted by atomic mass is 10.1. The van der Waals surface area contributed by atoms with Crippen LogP contribution >= 0.6 is 0 Å². The maximum atomic E-state index is 5.75. The predicted molar refractivity (Wildman–Crippen MR) is 79.4 cm³/mol. The Kier molecular flexibility index (Phi) is 4.71. The summed E-state index contributed by atoms with van der Waals surface area (Å²) in [6, 6.07) is 10.3. The summed E-state index contributed by atoms with van der Waals surface area (Å²) in [7, 11) is 1.72. The van der Waals surface area contributed by atoms with E-state index in [9.17, 15) is 0 Å². The van der Waals surface area contributed by atoms with E-state index in [-0.39, 0.29) is 0 Å². The second-order valence-electron chi connectivity index (χ2n) is 4.43. The van der Waals surface area contributed by atoms with Gasteiger partial charge in [-0.05, 0) is 18.4 Å². The van der Waals surface area contributed by atoms with Gasteiger partial charge in [-0.15, -0.1) is 0 Å². The minimum Gasteiger partial charge on any atom is -0.383 e. The van der Waals surface area contributed by atoms with Crippen molar-refractivity contribution in [3.63, 3.8) is 0 Å². The maximum Gasteiger partial charge on any atom is 0.136 e. The monoisotopic (exact) mass is 259 g/mol. The average molecular weight is 259 g/mol. The number of likely N-dealkylation sites (N-methyl/N-ethyl adjacent to an activating group) is 1. The van der Waals surface area contributed by atoms with Crippen LogP contribution in [0, 0.1) is 0 Å². The van der Waals surface area contributed by atoms with Gasteiger partial charge in [0.25, 0.3) is 0 Å². The standard InChI is InChI=1S/C15H21N3O/c1-3-18(8-9-19-2)15-14-7-5-4-6-12(14)10-13(11-16)17-15/h4-7,10H,3,8-9,11,16H2,1-2H3. The van der Waals surface area contributed by atoms with Gasteiger partial charge in [-0.25, -0.2) is 4.98 Å². The molecular formula is C15H21N3O. The van der Waals surface area contributed by atoms with Crippen molar-refractivity contribution in [1.29, 1.82) is 0 Å². The van der Waals surface area contributed by atoms with Crippen LogP contribution < -0.4 is 10.6 Å². The van der Waals surface area contributed by atoms with E-state index < -0.39 is 0 Å². The molecule has 19 heavy (non-hydrogen) atoms. The molecule has 0 fully saturated rings. The molecule has 2 rings (SSSR count). The van der Waals surface area contributed by atoms with Crippen LogP contribution in [0.4, 0.5) is 5.82 Å². The fourth-order valence-corrected chi connectivity index (χ4v) is 2.20. The third kappa shape index (κ3) is 3.03. The summed E-state index contributed by atoms with van der Waals surface area (Å²) in [6.07, 6.45) is 0. The number of hydrogen-bond donors (Lipinski definition) is 1. The summed E-state index contributed by atoms with van der Waals surface area (Å²) in [6.45, 7) is 5.00. The molecule has 4 heteroatoms. The molecule has 0 amide bonds. The van der Waals surface area contributed by atoms with Gasteiger partial charge in [-0.2, -0.15) is 0 Å². The number of pyridine rings is 1. The van der Waals surface area contributed by atoms with Crippen LogP contribution in [0.15, 0.2) is 30.3 Å². The normalized spacial score (nSPS) is 10.9. The number of ether oxygens (including phenoxy) is 1. The molecular weight excluding hydrogens is 238 g/mol. The number of benzene rings is 1. The molecule has 0 aliphatic rings. The van der Waals surface area contributed by atoms with E-state index in [4.69, 9.17) is 10.5 Å². The van der Waals surface area contributed by atoms with E-state index in [1.165, 1.54) is 5.39 Å². The minimum atomic E-state index is 0.458. The third-order valence-corrected chi connectivity index (χ3v) is 3.23. The van der Waals surface area contributed by atoms with Gasteiger partial charge in [0.1, 0.15) is 5.82 Å². The zero-order valence-corrected chi connectivity index (χ0v) is 11.6. The molecule has 0 atom stereocenters. The van der Waals surface area contributed by atoms with Gasteiger partial charge in [0, 0.05) is 32.1 Å². The lowest BCUT2D eigenvalue weighted by molar-refractivity contribution is 0.205. The SMILES string of the molecule is CCN(CCOC)c1nc(CN)cc2ccccc12. The van der Waals surface area contributed by atoms with E-state index in [1.54, 1.807) is 7.11 Å². The molecule has 0 radical (unpaired) electrons. The summed E-state index contributed by atoms with van der Waals surface area (Å²) in [4.78, 5) is 6.92. The molecule has 2 N–H and O–H groups in total. The van der Waals surface area contributed by atoms with Gasteiger partial charge in [0.05, 0.1) is 12.3 Å². The first-order chi connectivity index (χ1) is 9.30. The summed E-state index contributed by atoms with van der Waals surface area (Å²) in [5.41, 5.74) is 6.67. The topological polar surface area (TPSA) is 51.4 Å². The lowest BCUT2D eigenvalue weighted by Crippen LogP contribution is -2.28. The van der Waals surface area contributed by atoms with Gasteiger partial charge >= 0.3 is 0 Å². The highest BCUT2D eigenvalue weighted by atomic mass is 16.5. The van der Waals surface area contributed by atoms with Crippen molar-refractivity contribution in [2.45, 2.75) is 13.5 Å². The van der Waals surface area contributed by atoms with E-state index >= 15 is 0 Å². The highest BCUT2D eigenvalue weighted by Gasteiger charge is 2.11. The predicted octanol–water partition coefficient (Wildman–Crippen LogP) is 2.17. The molecule has 0 aliphatic carbocycles. The molecule has 1 aromatic heterocycles. The number of methoxy groups -OCH3 is 1. The minimum absolute atomic E-state index is 0.458. The van der Waals surface area contributed by atoms with Gasteiger partial charge in [0.2, 0.25) is 0 Å². The molecule has 0 aliphatic heterocycles. The fourth-order valence-electron chi connectivity index (χ4n) is 2.20.